The smallest absolute Gasteiger partial charge is 0.180 e. The van der Waals surface area contributed by atoms with Gasteiger partial charge in [-0.2, -0.15) is 0 Å². The third-order valence-electron chi connectivity index (χ3n) is 2.75. The van der Waals surface area contributed by atoms with Crippen LogP contribution in [0.1, 0.15) is 20.7 Å². The normalized spacial score (nSPS) is 11.9. The van der Waals surface area contributed by atoms with Crippen LogP contribution >= 0.6 is 27.5 Å². The molecule has 0 aliphatic carbocycles. The van der Waals surface area contributed by atoms with Gasteiger partial charge in [-0.05, 0) is 42.0 Å². The largest absolute Gasteiger partial charge is 0.497 e. The van der Waals surface area contributed by atoms with Gasteiger partial charge in [-0.1, -0.05) is 39.7 Å². The monoisotopic (exact) mass is 338 g/mol. The molecule has 0 radical (unpaired) electrons. The molecule has 1 atom stereocenters. The van der Waals surface area contributed by atoms with Gasteiger partial charge in [0.1, 0.15) is 10.6 Å². The fraction of sp³-hybridized carbons (Fsp3) is 0.133. The molecule has 0 aromatic heterocycles. The second kappa shape index (κ2) is 6.22. The summed E-state index contributed by atoms with van der Waals surface area (Å²) in [6.45, 7) is 0. The summed E-state index contributed by atoms with van der Waals surface area (Å²) in [5, 5.41) is 0.615. The van der Waals surface area contributed by atoms with E-state index < -0.39 is 4.83 Å². The van der Waals surface area contributed by atoms with Crippen LogP contribution in [0.4, 0.5) is 0 Å². The minimum absolute atomic E-state index is 0.00933. The van der Waals surface area contributed by atoms with Gasteiger partial charge in [0.15, 0.2) is 5.78 Å². The van der Waals surface area contributed by atoms with E-state index in [-0.39, 0.29) is 5.78 Å². The molecule has 0 fully saturated rings. The van der Waals surface area contributed by atoms with Gasteiger partial charge in [0, 0.05) is 10.6 Å². The molecule has 1 unspecified atom stereocenters. The first-order chi connectivity index (χ1) is 9.11. The first kappa shape index (κ1) is 14.1. The van der Waals surface area contributed by atoms with Crippen LogP contribution in [0, 0.1) is 0 Å². The van der Waals surface area contributed by atoms with Crippen molar-refractivity contribution in [3.05, 3.63) is 64.7 Å². The van der Waals surface area contributed by atoms with E-state index in [1.54, 1.807) is 43.5 Å². The Kier molecular flexibility index (Phi) is 4.61. The second-order valence-electron chi connectivity index (χ2n) is 4.01. The molecule has 2 aromatic rings. The summed E-state index contributed by atoms with van der Waals surface area (Å²) in [7, 11) is 1.59. The number of methoxy groups -OCH3 is 1. The number of halogens is 2. The minimum Gasteiger partial charge on any atom is -0.497 e. The summed E-state index contributed by atoms with van der Waals surface area (Å²) >= 11 is 9.35. The lowest BCUT2D eigenvalue weighted by Gasteiger charge is -2.10. The van der Waals surface area contributed by atoms with Crippen LogP contribution in [-0.4, -0.2) is 12.9 Å². The second-order valence-corrected chi connectivity index (χ2v) is 5.36. The Morgan fingerprint density at radius 2 is 1.89 bits per heavy atom. The number of carbonyl (C=O) groups is 1. The molecule has 2 aromatic carbocycles. The zero-order chi connectivity index (χ0) is 13.8. The van der Waals surface area contributed by atoms with E-state index in [1.807, 2.05) is 12.1 Å². The van der Waals surface area contributed by atoms with Gasteiger partial charge in [-0.3, -0.25) is 4.79 Å². The molecule has 4 heteroatoms. The summed E-state index contributed by atoms with van der Waals surface area (Å²) in [5.74, 6) is 0.718. The maximum Gasteiger partial charge on any atom is 0.180 e. The molecule has 2 nitrogen and oxygen atoms in total. The third kappa shape index (κ3) is 3.37. The highest BCUT2D eigenvalue weighted by atomic mass is 79.9. The van der Waals surface area contributed by atoms with E-state index in [0.29, 0.717) is 10.6 Å². The number of alkyl halides is 1. The number of Topliss-reactive ketones (excluding diaryl/α,β-unsaturated/α-hetero) is 1. The van der Waals surface area contributed by atoms with E-state index in [4.69, 9.17) is 16.3 Å². The SMILES string of the molecule is COc1ccc(C(=O)C(Br)c2cccc(Cl)c2)cc1. The van der Waals surface area contributed by atoms with Gasteiger partial charge in [-0.25, -0.2) is 0 Å². The molecule has 2 rings (SSSR count). The lowest BCUT2D eigenvalue weighted by Crippen LogP contribution is -2.07. The molecule has 0 spiro atoms. The lowest BCUT2D eigenvalue weighted by molar-refractivity contribution is 0.0991. The number of ketones is 1. The van der Waals surface area contributed by atoms with Crippen molar-refractivity contribution in [2.75, 3.05) is 7.11 Å². The Morgan fingerprint density at radius 3 is 2.47 bits per heavy atom. The number of rotatable bonds is 4. The summed E-state index contributed by atoms with van der Waals surface area (Å²) in [6.07, 6.45) is 0. The Hall–Kier alpha value is -1.32. The number of hydrogen-bond acceptors (Lipinski definition) is 2. The van der Waals surface area contributed by atoms with Gasteiger partial charge in [-0.15, -0.1) is 0 Å². The number of hydrogen-bond donors (Lipinski definition) is 0. The number of carbonyl (C=O) groups excluding carboxylic acids is 1. The Balaban J connectivity index is 2.23. The summed E-state index contributed by atoms with van der Waals surface area (Å²) < 4.78 is 5.07. The molecule has 0 aliphatic heterocycles. The minimum atomic E-state index is -0.403. The first-order valence-electron chi connectivity index (χ1n) is 5.69. The molecule has 98 valence electrons. The molecule has 0 N–H and O–H groups in total. The maximum absolute atomic E-state index is 12.3. The van der Waals surface area contributed by atoms with Crippen molar-refractivity contribution in [2.24, 2.45) is 0 Å². The van der Waals surface area contributed by atoms with Crippen molar-refractivity contribution >= 4 is 33.3 Å². The van der Waals surface area contributed by atoms with Gasteiger partial charge in [0.2, 0.25) is 0 Å². The standard InChI is InChI=1S/C15H12BrClO2/c1-19-13-7-5-10(6-8-13)15(18)14(16)11-3-2-4-12(17)9-11/h2-9,14H,1H3. The molecule has 0 heterocycles. The maximum atomic E-state index is 12.3. The van der Waals surface area contributed by atoms with E-state index >= 15 is 0 Å². The Morgan fingerprint density at radius 1 is 1.21 bits per heavy atom. The molecular formula is C15H12BrClO2. The predicted octanol–water partition coefficient (Wildman–Crippen LogP) is 4.67. The van der Waals surface area contributed by atoms with Crippen LogP contribution in [0.25, 0.3) is 0 Å². The zero-order valence-corrected chi connectivity index (χ0v) is 12.6. The van der Waals surface area contributed by atoms with Crippen LogP contribution in [0.3, 0.4) is 0 Å². The van der Waals surface area contributed by atoms with Crippen LogP contribution in [0.5, 0.6) is 5.75 Å². The van der Waals surface area contributed by atoms with Crippen molar-refractivity contribution < 1.29 is 9.53 Å². The van der Waals surface area contributed by atoms with E-state index in [0.717, 1.165) is 11.3 Å². The zero-order valence-electron chi connectivity index (χ0n) is 10.3. The molecule has 0 amide bonds. The molecule has 0 aliphatic rings. The highest BCUT2D eigenvalue weighted by Crippen LogP contribution is 2.29. The van der Waals surface area contributed by atoms with E-state index in [9.17, 15) is 4.79 Å². The average molecular weight is 340 g/mol. The summed E-state index contributed by atoms with van der Waals surface area (Å²) in [6, 6.07) is 14.3. The van der Waals surface area contributed by atoms with Crippen molar-refractivity contribution in [1.82, 2.24) is 0 Å². The summed E-state index contributed by atoms with van der Waals surface area (Å²) in [5.41, 5.74) is 1.47. The Labute approximate surface area is 125 Å². The average Bonchev–Trinajstić information content (AvgIpc) is 2.46. The molecule has 0 bridgehead atoms. The molecular weight excluding hydrogens is 328 g/mol. The van der Waals surface area contributed by atoms with Crippen molar-refractivity contribution in [3.63, 3.8) is 0 Å². The van der Waals surface area contributed by atoms with Crippen LogP contribution in [0.15, 0.2) is 48.5 Å². The summed E-state index contributed by atoms with van der Waals surface area (Å²) in [4.78, 5) is 11.9. The predicted molar refractivity (Wildman–Crippen MR) is 80.4 cm³/mol. The molecule has 0 saturated carbocycles. The van der Waals surface area contributed by atoms with E-state index in [1.165, 1.54) is 0 Å². The lowest BCUT2D eigenvalue weighted by atomic mass is 10.0. The highest BCUT2D eigenvalue weighted by molar-refractivity contribution is 9.09. The van der Waals surface area contributed by atoms with Crippen LogP contribution in [-0.2, 0) is 0 Å². The quantitative estimate of drug-likeness (QED) is 0.598. The Bertz CT molecular complexity index is 581. The van der Waals surface area contributed by atoms with E-state index in [2.05, 4.69) is 15.9 Å². The number of benzene rings is 2. The molecule has 19 heavy (non-hydrogen) atoms. The first-order valence-corrected chi connectivity index (χ1v) is 6.99. The molecule has 0 saturated heterocycles. The van der Waals surface area contributed by atoms with Gasteiger partial charge in [0.25, 0.3) is 0 Å². The van der Waals surface area contributed by atoms with Crippen molar-refractivity contribution in [3.8, 4) is 5.75 Å². The topological polar surface area (TPSA) is 26.3 Å². The highest BCUT2D eigenvalue weighted by Gasteiger charge is 2.19. The van der Waals surface area contributed by atoms with Gasteiger partial charge < -0.3 is 4.74 Å². The van der Waals surface area contributed by atoms with Crippen LogP contribution in [0.2, 0.25) is 5.02 Å². The van der Waals surface area contributed by atoms with Gasteiger partial charge in [0.05, 0.1) is 7.11 Å². The fourth-order valence-electron chi connectivity index (χ4n) is 1.72. The van der Waals surface area contributed by atoms with Crippen molar-refractivity contribution in [1.29, 1.82) is 0 Å². The van der Waals surface area contributed by atoms with Gasteiger partial charge >= 0.3 is 0 Å². The fourth-order valence-corrected chi connectivity index (χ4v) is 2.47. The van der Waals surface area contributed by atoms with Crippen LogP contribution < -0.4 is 4.74 Å². The third-order valence-corrected chi connectivity index (χ3v) is 3.93. The number of ether oxygens (including phenoxy) is 1. The van der Waals surface area contributed by atoms with Crippen molar-refractivity contribution in [2.45, 2.75) is 4.83 Å².